The Kier molecular flexibility index (Phi) is 4.82. The summed E-state index contributed by atoms with van der Waals surface area (Å²) in [6.45, 7) is 4.94. The van der Waals surface area contributed by atoms with Gasteiger partial charge in [-0.05, 0) is 25.3 Å². The van der Waals surface area contributed by atoms with E-state index >= 15 is 0 Å². The largest absolute Gasteiger partial charge is 0.366 e. The van der Waals surface area contributed by atoms with Crippen LogP contribution >= 0.6 is 0 Å². The highest BCUT2D eigenvalue weighted by molar-refractivity contribution is 5.64. The first-order chi connectivity index (χ1) is 12.8. The molecule has 0 saturated carbocycles. The molecule has 1 saturated heterocycles. The number of anilines is 2. The number of hydrogen-bond donors (Lipinski definition) is 1. The molecular weight excluding hydrogens is 320 g/mol. The minimum absolute atomic E-state index is 0.755. The third-order valence-electron chi connectivity index (χ3n) is 4.77. The van der Waals surface area contributed by atoms with E-state index in [-0.39, 0.29) is 0 Å². The average molecular weight is 344 g/mol. The molecule has 1 fully saturated rings. The molecule has 4 rings (SSSR count). The standard InChI is InChI=1S/C22H24N4/c1-17-9-11-18(12-10-17)16-23-21-15-20(19-7-3-2-4-8-19)24-22(25-21)26-13-5-6-14-26/h2-4,7-12,15H,5-6,13-14,16H2,1H3,(H,23,24,25). The maximum absolute atomic E-state index is 4.83. The van der Waals surface area contributed by atoms with Crippen molar-refractivity contribution in [3.8, 4) is 11.3 Å². The Morgan fingerprint density at radius 2 is 1.65 bits per heavy atom. The second-order valence-electron chi connectivity index (χ2n) is 6.84. The minimum Gasteiger partial charge on any atom is -0.366 e. The van der Waals surface area contributed by atoms with Crippen molar-refractivity contribution in [1.29, 1.82) is 0 Å². The van der Waals surface area contributed by atoms with Crippen molar-refractivity contribution in [3.05, 3.63) is 71.8 Å². The van der Waals surface area contributed by atoms with E-state index in [1.165, 1.54) is 24.0 Å². The second kappa shape index (κ2) is 7.56. The van der Waals surface area contributed by atoms with Crippen LogP contribution in [0.3, 0.4) is 0 Å². The van der Waals surface area contributed by atoms with Crippen molar-refractivity contribution in [2.24, 2.45) is 0 Å². The number of benzene rings is 2. The van der Waals surface area contributed by atoms with Gasteiger partial charge >= 0.3 is 0 Å². The van der Waals surface area contributed by atoms with Gasteiger partial charge in [0.2, 0.25) is 5.95 Å². The van der Waals surface area contributed by atoms with Crippen molar-refractivity contribution in [1.82, 2.24) is 9.97 Å². The highest BCUT2D eigenvalue weighted by atomic mass is 15.3. The van der Waals surface area contributed by atoms with E-state index in [9.17, 15) is 0 Å². The molecule has 2 aromatic carbocycles. The first kappa shape index (κ1) is 16.6. The first-order valence-corrected chi connectivity index (χ1v) is 9.27. The van der Waals surface area contributed by atoms with E-state index in [1.54, 1.807) is 0 Å². The van der Waals surface area contributed by atoms with Gasteiger partial charge in [0.15, 0.2) is 0 Å². The quantitative estimate of drug-likeness (QED) is 0.730. The van der Waals surface area contributed by atoms with Gasteiger partial charge in [0.1, 0.15) is 5.82 Å². The van der Waals surface area contributed by atoms with Crippen LogP contribution in [0.5, 0.6) is 0 Å². The topological polar surface area (TPSA) is 41.1 Å². The van der Waals surface area contributed by atoms with Crippen molar-refractivity contribution >= 4 is 11.8 Å². The predicted octanol–water partition coefficient (Wildman–Crippen LogP) is 4.66. The van der Waals surface area contributed by atoms with Gasteiger partial charge in [-0.3, -0.25) is 0 Å². The molecule has 26 heavy (non-hydrogen) atoms. The van der Waals surface area contributed by atoms with Crippen LogP contribution in [0.4, 0.5) is 11.8 Å². The fourth-order valence-corrected chi connectivity index (χ4v) is 3.24. The normalized spacial score (nSPS) is 13.8. The third kappa shape index (κ3) is 3.85. The highest BCUT2D eigenvalue weighted by Gasteiger charge is 2.17. The van der Waals surface area contributed by atoms with Crippen molar-refractivity contribution in [2.45, 2.75) is 26.3 Å². The highest BCUT2D eigenvalue weighted by Crippen LogP contribution is 2.25. The number of rotatable bonds is 5. The van der Waals surface area contributed by atoms with Gasteiger partial charge < -0.3 is 10.2 Å². The molecule has 1 aliphatic rings. The van der Waals surface area contributed by atoms with Gasteiger partial charge in [0, 0.05) is 31.3 Å². The SMILES string of the molecule is Cc1ccc(CNc2cc(-c3ccccc3)nc(N3CCCC3)n2)cc1. The number of nitrogens with zero attached hydrogens (tertiary/aromatic N) is 3. The van der Waals surface area contributed by atoms with Crippen LogP contribution in [0.1, 0.15) is 24.0 Å². The molecule has 1 aromatic heterocycles. The minimum atomic E-state index is 0.755. The molecule has 0 atom stereocenters. The maximum Gasteiger partial charge on any atom is 0.227 e. The molecule has 4 nitrogen and oxygen atoms in total. The van der Waals surface area contributed by atoms with E-state index in [0.717, 1.165) is 42.7 Å². The smallest absolute Gasteiger partial charge is 0.227 e. The van der Waals surface area contributed by atoms with E-state index in [2.05, 4.69) is 53.5 Å². The molecule has 0 bridgehead atoms. The predicted molar refractivity (Wildman–Crippen MR) is 107 cm³/mol. The van der Waals surface area contributed by atoms with Crippen LogP contribution in [0, 0.1) is 6.92 Å². The van der Waals surface area contributed by atoms with Gasteiger partial charge in [-0.25, -0.2) is 4.98 Å². The first-order valence-electron chi connectivity index (χ1n) is 9.27. The summed E-state index contributed by atoms with van der Waals surface area (Å²) < 4.78 is 0. The average Bonchev–Trinajstić information content (AvgIpc) is 3.23. The zero-order valence-electron chi connectivity index (χ0n) is 15.2. The van der Waals surface area contributed by atoms with Gasteiger partial charge in [-0.2, -0.15) is 4.98 Å². The summed E-state index contributed by atoms with van der Waals surface area (Å²) in [5.74, 6) is 1.71. The Labute approximate surface area is 154 Å². The molecule has 4 heteroatoms. The van der Waals surface area contributed by atoms with E-state index in [1.807, 2.05) is 24.3 Å². The summed E-state index contributed by atoms with van der Waals surface area (Å²) in [7, 11) is 0. The van der Waals surface area contributed by atoms with Gasteiger partial charge in [0.05, 0.1) is 5.69 Å². The Hall–Kier alpha value is -2.88. The van der Waals surface area contributed by atoms with Gasteiger partial charge in [0.25, 0.3) is 0 Å². The van der Waals surface area contributed by atoms with Crippen LogP contribution in [0.2, 0.25) is 0 Å². The zero-order valence-corrected chi connectivity index (χ0v) is 15.2. The second-order valence-corrected chi connectivity index (χ2v) is 6.84. The fourth-order valence-electron chi connectivity index (χ4n) is 3.24. The lowest BCUT2D eigenvalue weighted by Gasteiger charge is -2.18. The van der Waals surface area contributed by atoms with Crippen molar-refractivity contribution < 1.29 is 0 Å². The van der Waals surface area contributed by atoms with E-state index in [0.29, 0.717) is 0 Å². The summed E-state index contributed by atoms with van der Waals surface area (Å²) in [4.78, 5) is 11.9. The molecule has 0 radical (unpaired) electrons. The van der Waals surface area contributed by atoms with Crippen molar-refractivity contribution in [3.63, 3.8) is 0 Å². The summed E-state index contributed by atoms with van der Waals surface area (Å²) in [6.07, 6.45) is 2.43. The summed E-state index contributed by atoms with van der Waals surface area (Å²) >= 11 is 0. The third-order valence-corrected chi connectivity index (χ3v) is 4.77. The van der Waals surface area contributed by atoms with Crippen LogP contribution in [-0.4, -0.2) is 23.1 Å². The Bertz CT molecular complexity index is 853. The summed E-state index contributed by atoms with van der Waals surface area (Å²) in [6, 6.07) is 21.0. The number of aryl methyl sites for hydroxylation is 1. The maximum atomic E-state index is 4.83. The molecule has 1 N–H and O–H groups in total. The monoisotopic (exact) mass is 344 g/mol. The molecule has 0 spiro atoms. The lowest BCUT2D eigenvalue weighted by molar-refractivity contribution is 0.898. The lowest BCUT2D eigenvalue weighted by Crippen LogP contribution is -2.21. The Morgan fingerprint density at radius 3 is 2.38 bits per heavy atom. The van der Waals surface area contributed by atoms with E-state index in [4.69, 9.17) is 9.97 Å². The van der Waals surface area contributed by atoms with Crippen LogP contribution in [0.15, 0.2) is 60.7 Å². The molecule has 2 heterocycles. The van der Waals surface area contributed by atoms with E-state index < -0.39 is 0 Å². The van der Waals surface area contributed by atoms with Crippen LogP contribution in [-0.2, 0) is 6.54 Å². The molecule has 0 amide bonds. The molecule has 0 aliphatic carbocycles. The molecule has 0 unspecified atom stereocenters. The zero-order chi connectivity index (χ0) is 17.8. The molecule has 132 valence electrons. The number of aromatic nitrogens is 2. The fraction of sp³-hybridized carbons (Fsp3) is 0.273. The van der Waals surface area contributed by atoms with Crippen molar-refractivity contribution in [2.75, 3.05) is 23.3 Å². The Balaban J connectivity index is 1.61. The molecule has 1 aliphatic heterocycles. The number of hydrogen-bond acceptors (Lipinski definition) is 4. The van der Waals surface area contributed by atoms with Gasteiger partial charge in [-0.15, -0.1) is 0 Å². The number of nitrogens with one attached hydrogen (secondary N) is 1. The van der Waals surface area contributed by atoms with Gasteiger partial charge in [-0.1, -0.05) is 60.2 Å². The van der Waals surface area contributed by atoms with Crippen LogP contribution < -0.4 is 10.2 Å². The Morgan fingerprint density at radius 1 is 0.923 bits per heavy atom. The molecular formula is C22H24N4. The summed E-state index contributed by atoms with van der Waals surface area (Å²) in [5.41, 5.74) is 4.61. The molecule has 3 aromatic rings. The lowest BCUT2D eigenvalue weighted by atomic mass is 10.1. The summed E-state index contributed by atoms with van der Waals surface area (Å²) in [5, 5.41) is 3.48. The van der Waals surface area contributed by atoms with Crippen LogP contribution in [0.25, 0.3) is 11.3 Å².